The monoisotopic (exact) mass is 355 g/mol. The Hall–Kier alpha value is -2.37. The Balaban J connectivity index is 1.38. The molecule has 5 heteroatoms. The molecule has 138 valence electrons. The van der Waals surface area contributed by atoms with Crippen LogP contribution < -0.4 is 19.9 Å². The van der Waals surface area contributed by atoms with Crippen molar-refractivity contribution in [3.8, 4) is 5.75 Å². The first-order chi connectivity index (χ1) is 12.7. The summed E-state index contributed by atoms with van der Waals surface area (Å²) in [5.74, 6) is 0.939. The second kappa shape index (κ2) is 9.36. The van der Waals surface area contributed by atoms with E-state index in [4.69, 9.17) is 4.74 Å². The molecule has 0 atom stereocenters. The normalized spacial score (nSPS) is 19.7. The Morgan fingerprint density at radius 1 is 0.962 bits per heavy atom. The van der Waals surface area contributed by atoms with Crippen LogP contribution in [-0.4, -0.2) is 45.7 Å². The van der Waals surface area contributed by atoms with Crippen LogP contribution >= 0.6 is 0 Å². The second-order valence-corrected chi connectivity index (χ2v) is 6.97. The van der Waals surface area contributed by atoms with Gasteiger partial charge in [-0.15, -0.1) is 0 Å². The van der Waals surface area contributed by atoms with Crippen molar-refractivity contribution in [1.29, 1.82) is 0 Å². The highest BCUT2D eigenvalue weighted by molar-refractivity contribution is 5.76. The number of amides is 1. The van der Waals surface area contributed by atoms with Crippen LogP contribution in [0.3, 0.4) is 0 Å². The van der Waals surface area contributed by atoms with Gasteiger partial charge in [-0.1, -0.05) is 42.5 Å². The third-order valence-electron chi connectivity index (χ3n) is 5.00. The molecule has 0 unspecified atom stereocenters. The van der Waals surface area contributed by atoms with E-state index in [0.29, 0.717) is 13.1 Å². The number of rotatable bonds is 7. The van der Waals surface area contributed by atoms with E-state index >= 15 is 0 Å². The maximum Gasteiger partial charge on any atom is 0.275 e. The number of hydrogen-bond donors (Lipinski definition) is 3. The number of ether oxygens (including phenoxy) is 1. The third kappa shape index (κ3) is 5.58. The van der Waals surface area contributed by atoms with Gasteiger partial charge in [0.25, 0.3) is 5.91 Å². The van der Waals surface area contributed by atoms with Crippen molar-refractivity contribution >= 4 is 5.91 Å². The molecule has 1 aliphatic heterocycles. The fourth-order valence-electron chi connectivity index (χ4n) is 3.47. The van der Waals surface area contributed by atoms with Crippen molar-refractivity contribution in [3.63, 3.8) is 0 Å². The number of carbonyl (C=O) groups excluding carboxylic acids is 1. The number of methoxy groups -OCH3 is 1. The maximum absolute atomic E-state index is 12.2. The van der Waals surface area contributed by atoms with Gasteiger partial charge in [0.1, 0.15) is 38.5 Å². The molecule has 0 spiro atoms. The number of nitrogens with one attached hydrogen (secondary N) is 3. The van der Waals surface area contributed by atoms with E-state index in [1.165, 1.54) is 10.5 Å². The van der Waals surface area contributed by atoms with Gasteiger partial charge in [0.05, 0.1) is 7.11 Å². The summed E-state index contributed by atoms with van der Waals surface area (Å²) in [6, 6.07) is 18.5. The predicted molar refractivity (Wildman–Crippen MR) is 101 cm³/mol. The highest BCUT2D eigenvalue weighted by atomic mass is 16.5. The zero-order chi connectivity index (χ0) is 18.2. The number of benzene rings is 2. The van der Waals surface area contributed by atoms with E-state index in [2.05, 4.69) is 35.6 Å². The molecule has 5 nitrogen and oxygen atoms in total. The van der Waals surface area contributed by atoms with Gasteiger partial charge in [0.15, 0.2) is 6.54 Å². The van der Waals surface area contributed by atoms with Crippen molar-refractivity contribution in [2.24, 2.45) is 0 Å². The molecule has 3 N–H and O–H groups in total. The molecule has 1 fully saturated rings. The molecule has 1 aliphatic rings. The minimum atomic E-state index is 0.120. The van der Waals surface area contributed by atoms with E-state index in [0.717, 1.165) is 44.0 Å². The minimum Gasteiger partial charge on any atom is -0.497 e. The van der Waals surface area contributed by atoms with Crippen LogP contribution in [0.15, 0.2) is 54.6 Å². The summed E-state index contributed by atoms with van der Waals surface area (Å²) in [7, 11) is 1.65. The highest BCUT2D eigenvalue weighted by Crippen LogP contribution is 2.11. The molecule has 1 amide bonds. The lowest BCUT2D eigenvalue weighted by atomic mass is 10.2. The molecule has 0 aromatic heterocycles. The van der Waals surface area contributed by atoms with Crippen LogP contribution in [0.4, 0.5) is 0 Å². The Morgan fingerprint density at radius 2 is 1.65 bits per heavy atom. The summed E-state index contributed by atoms with van der Waals surface area (Å²) in [6.07, 6.45) is 0. The lowest BCUT2D eigenvalue weighted by Gasteiger charge is -2.29. The first kappa shape index (κ1) is 18.4. The van der Waals surface area contributed by atoms with Crippen LogP contribution in [-0.2, 0) is 17.9 Å². The number of quaternary nitrogens is 2. The summed E-state index contributed by atoms with van der Waals surface area (Å²) >= 11 is 0. The number of hydrogen-bond acceptors (Lipinski definition) is 2. The largest absolute Gasteiger partial charge is 0.497 e. The summed E-state index contributed by atoms with van der Waals surface area (Å²) in [6.45, 7) is 6.53. The molecule has 0 bridgehead atoms. The molecule has 2 aromatic rings. The van der Waals surface area contributed by atoms with Gasteiger partial charge in [0, 0.05) is 12.1 Å². The molecule has 3 rings (SSSR count). The third-order valence-corrected chi connectivity index (χ3v) is 5.00. The van der Waals surface area contributed by atoms with Gasteiger partial charge < -0.3 is 19.9 Å². The number of piperazine rings is 1. The van der Waals surface area contributed by atoms with Gasteiger partial charge in [0.2, 0.25) is 0 Å². The van der Waals surface area contributed by atoms with Crippen molar-refractivity contribution in [1.82, 2.24) is 5.32 Å². The zero-order valence-electron chi connectivity index (χ0n) is 15.5. The van der Waals surface area contributed by atoms with Crippen LogP contribution in [0.25, 0.3) is 0 Å². The Labute approximate surface area is 155 Å². The molecular formula is C21H29N3O2+2. The lowest BCUT2D eigenvalue weighted by Crippen LogP contribution is -3.28. The SMILES string of the molecule is COc1cccc(CNC(=O)C[NH+]2CC[NH+](Cc3ccccc3)CC2)c1. The van der Waals surface area contributed by atoms with Gasteiger partial charge in [-0.25, -0.2) is 0 Å². The van der Waals surface area contributed by atoms with Crippen LogP contribution in [0, 0.1) is 0 Å². The zero-order valence-corrected chi connectivity index (χ0v) is 15.5. The minimum absolute atomic E-state index is 0.120. The van der Waals surface area contributed by atoms with Crippen LogP contribution in [0.1, 0.15) is 11.1 Å². The Kier molecular flexibility index (Phi) is 6.63. The second-order valence-electron chi connectivity index (χ2n) is 6.97. The first-order valence-corrected chi connectivity index (χ1v) is 9.33. The fraction of sp³-hybridized carbons (Fsp3) is 0.381. The highest BCUT2D eigenvalue weighted by Gasteiger charge is 2.24. The average Bonchev–Trinajstić information content (AvgIpc) is 2.69. The number of carbonyl (C=O) groups is 1. The van der Waals surface area contributed by atoms with Crippen molar-refractivity contribution in [2.75, 3.05) is 39.8 Å². The van der Waals surface area contributed by atoms with Crippen molar-refractivity contribution in [3.05, 3.63) is 65.7 Å². The molecular weight excluding hydrogens is 326 g/mol. The van der Waals surface area contributed by atoms with E-state index in [-0.39, 0.29) is 5.91 Å². The summed E-state index contributed by atoms with van der Waals surface area (Å²) in [5, 5.41) is 3.03. The molecule has 0 radical (unpaired) electrons. The van der Waals surface area contributed by atoms with Gasteiger partial charge in [-0.3, -0.25) is 4.79 Å². The standard InChI is InChI=1S/C21H27N3O2/c1-26-20-9-5-8-19(14-20)15-22-21(25)17-24-12-10-23(11-13-24)16-18-6-3-2-4-7-18/h2-9,14H,10-13,15-17H2,1H3,(H,22,25)/p+2. The Bertz CT molecular complexity index is 697. The van der Waals surface area contributed by atoms with Crippen LogP contribution in [0.5, 0.6) is 5.75 Å². The molecule has 26 heavy (non-hydrogen) atoms. The van der Waals surface area contributed by atoms with E-state index in [9.17, 15) is 4.79 Å². The fourth-order valence-corrected chi connectivity index (χ4v) is 3.47. The smallest absolute Gasteiger partial charge is 0.275 e. The van der Waals surface area contributed by atoms with Gasteiger partial charge in [-0.2, -0.15) is 0 Å². The molecule has 1 saturated heterocycles. The molecule has 0 aliphatic carbocycles. The molecule has 0 saturated carbocycles. The lowest BCUT2D eigenvalue weighted by molar-refractivity contribution is -1.02. The van der Waals surface area contributed by atoms with Gasteiger partial charge >= 0.3 is 0 Å². The first-order valence-electron chi connectivity index (χ1n) is 9.33. The summed E-state index contributed by atoms with van der Waals surface area (Å²) in [4.78, 5) is 15.2. The Morgan fingerprint density at radius 3 is 2.38 bits per heavy atom. The summed E-state index contributed by atoms with van der Waals surface area (Å²) in [5.41, 5.74) is 2.45. The van der Waals surface area contributed by atoms with Crippen molar-refractivity contribution < 1.29 is 19.3 Å². The predicted octanol–water partition coefficient (Wildman–Crippen LogP) is -0.705. The average molecular weight is 355 g/mol. The molecule has 2 aromatic carbocycles. The van der Waals surface area contributed by atoms with E-state index in [1.54, 1.807) is 12.0 Å². The van der Waals surface area contributed by atoms with E-state index < -0.39 is 0 Å². The van der Waals surface area contributed by atoms with Gasteiger partial charge in [-0.05, 0) is 17.7 Å². The maximum atomic E-state index is 12.2. The van der Waals surface area contributed by atoms with Crippen LogP contribution in [0.2, 0.25) is 0 Å². The van der Waals surface area contributed by atoms with Crippen molar-refractivity contribution in [2.45, 2.75) is 13.1 Å². The quantitative estimate of drug-likeness (QED) is 0.615. The topological polar surface area (TPSA) is 47.2 Å². The molecule has 1 heterocycles. The van der Waals surface area contributed by atoms with E-state index in [1.807, 2.05) is 24.3 Å². The summed E-state index contributed by atoms with van der Waals surface area (Å²) < 4.78 is 5.22.